The van der Waals surface area contributed by atoms with Crippen molar-refractivity contribution in [3.63, 3.8) is 0 Å². The SMILES string of the molecule is CC(Br)C(=O)O[C@@H]1C(=O)N(c2ccccc2)CC1(C)C. The molecular formula is C15H18BrNO3. The molecule has 1 aromatic carbocycles. The normalized spacial score (nSPS) is 22.7. The fourth-order valence-corrected chi connectivity index (χ4v) is 2.40. The summed E-state index contributed by atoms with van der Waals surface area (Å²) in [5, 5.41) is 0. The molecule has 0 bridgehead atoms. The molecule has 5 heteroatoms. The maximum absolute atomic E-state index is 12.5. The molecule has 1 aliphatic rings. The maximum Gasteiger partial charge on any atom is 0.320 e. The second-order valence-corrected chi connectivity index (χ2v) is 7.05. The van der Waals surface area contributed by atoms with E-state index in [-0.39, 0.29) is 5.91 Å². The van der Waals surface area contributed by atoms with Crippen molar-refractivity contribution in [2.75, 3.05) is 11.4 Å². The van der Waals surface area contributed by atoms with Crippen molar-refractivity contribution in [2.45, 2.75) is 31.7 Å². The first-order valence-corrected chi connectivity index (χ1v) is 7.45. The van der Waals surface area contributed by atoms with Gasteiger partial charge in [-0.2, -0.15) is 0 Å². The van der Waals surface area contributed by atoms with Crippen molar-refractivity contribution in [3.8, 4) is 0 Å². The van der Waals surface area contributed by atoms with Crippen LogP contribution >= 0.6 is 15.9 Å². The van der Waals surface area contributed by atoms with Crippen molar-refractivity contribution in [1.82, 2.24) is 0 Å². The Balaban J connectivity index is 2.22. The highest BCUT2D eigenvalue weighted by Gasteiger charge is 2.49. The molecule has 0 spiro atoms. The number of nitrogens with zero attached hydrogens (tertiary/aromatic N) is 1. The van der Waals surface area contributed by atoms with Gasteiger partial charge in [0, 0.05) is 17.6 Å². The van der Waals surface area contributed by atoms with Crippen LogP contribution in [0.3, 0.4) is 0 Å². The molecule has 0 radical (unpaired) electrons. The van der Waals surface area contributed by atoms with Gasteiger partial charge in [-0.1, -0.05) is 48.0 Å². The van der Waals surface area contributed by atoms with E-state index in [0.29, 0.717) is 6.54 Å². The zero-order chi connectivity index (χ0) is 14.9. The molecule has 0 aromatic heterocycles. The van der Waals surface area contributed by atoms with Crippen molar-refractivity contribution < 1.29 is 14.3 Å². The third-order valence-electron chi connectivity index (χ3n) is 3.39. The van der Waals surface area contributed by atoms with E-state index in [4.69, 9.17) is 4.74 Å². The van der Waals surface area contributed by atoms with Crippen LogP contribution in [-0.4, -0.2) is 29.4 Å². The Bertz CT molecular complexity index is 513. The van der Waals surface area contributed by atoms with E-state index in [2.05, 4.69) is 15.9 Å². The molecule has 1 saturated heterocycles. The smallest absolute Gasteiger partial charge is 0.320 e. The van der Waals surface area contributed by atoms with Gasteiger partial charge < -0.3 is 9.64 Å². The van der Waals surface area contributed by atoms with E-state index in [9.17, 15) is 9.59 Å². The molecule has 0 aliphatic carbocycles. The Labute approximate surface area is 127 Å². The number of alkyl halides is 1. The van der Waals surface area contributed by atoms with Gasteiger partial charge in [-0.3, -0.25) is 9.59 Å². The summed E-state index contributed by atoms with van der Waals surface area (Å²) < 4.78 is 5.38. The van der Waals surface area contributed by atoms with Gasteiger partial charge >= 0.3 is 5.97 Å². The lowest BCUT2D eigenvalue weighted by molar-refractivity contribution is -0.157. The zero-order valence-corrected chi connectivity index (χ0v) is 13.4. The number of rotatable bonds is 3. The quantitative estimate of drug-likeness (QED) is 0.628. The number of halogens is 1. The van der Waals surface area contributed by atoms with Crippen molar-refractivity contribution in [2.24, 2.45) is 5.41 Å². The van der Waals surface area contributed by atoms with Crippen molar-refractivity contribution in [1.29, 1.82) is 0 Å². The Morgan fingerprint density at radius 1 is 1.40 bits per heavy atom. The Morgan fingerprint density at radius 2 is 2.00 bits per heavy atom. The lowest BCUT2D eigenvalue weighted by Gasteiger charge is -2.23. The maximum atomic E-state index is 12.5. The highest BCUT2D eigenvalue weighted by Crippen LogP contribution is 2.36. The number of anilines is 1. The number of esters is 1. The number of carbonyl (C=O) groups is 2. The highest BCUT2D eigenvalue weighted by molar-refractivity contribution is 9.10. The molecule has 1 amide bonds. The minimum absolute atomic E-state index is 0.164. The summed E-state index contributed by atoms with van der Waals surface area (Å²) in [6, 6.07) is 9.43. The minimum Gasteiger partial charge on any atom is -0.451 e. The summed E-state index contributed by atoms with van der Waals surface area (Å²) >= 11 is 3.17. The van der Waals surface area contributed by atoms with Gasteiger partial charge in [0.25, 0.3) is 5.91 Å². The van der Waals surface area contributed by atoms with E-state index in [0.717, 1.165) is 5.69 Å². The average Bonchev–Trinajstić information content (AvgIpc) is 2.63. The lowest BCUT2D eigenvalue weighted by Crippen LogP contribution is -2.37. The monoisotopic (exact) mass is 339 g/mol. The fraction of sp³-hybridized carbons (Fsp3) is 0.467. The number of benzene rings is 1. The van der Waals surface area contributed by atoms with E-state index in [1.54, 1.807) is 11.8 Å². The van der Waals surface area contributed by atoms with Crippen LogP contribution in [0.15, 0.2) is 30.3 Å². The lowest BCUT2D eigenvalue weighted by atomic mass is 9.89. The predicted octanol–water partition coefficient (Wildman–Crippen LogP) is 2.75. The molecule has 108 valence electrons. The first-order chi connectivity index (χ1) is 9.33. The van der Waals surface area contributed by atoms with E-state index < -0.39 is 22.3 Å². The van der Waals surface area contributed by atoms with Gasteiger partial charge in [0.2, 0.25) is 0 Å². The van der Waals surface area contributed by atoms with Crippen molar-refractivity contribution >= 4 is 33.5 Å². The van der Waals surface area contributed by atoms with Crippen LogP contribution in [0.5, 0.6) is 0 Å². The van der Waals surface area contributed by atoms with Gasteiger partial charge in [0.05, 0.1) is 0 Å². The van der Waals surface area contributed by atoms with Crippen LogP contribution in [0.4, 0.5) is 5.69 Å². The first kappa shape index (κ1) is 15.0. The van der Waals surface area contributed by atoms with Crippen LogP contribution in [-0.2, 0) is 14.3 Å². The van der Waals surface area contributed by atoms with Crippen molar-refractivity contribution in [3.05, 3.63) is 30.3 Å². The molecule has 2 rings (SSSR count). The molecule has 0 saturated carbocycles. The van der Waals surface area contributed by atoms with Crippen LogP contribution in [0.1, 0.15) is 20.8 Å². The standard InChI is InChI=1S/C15H18BrNO3/c1-10(16)14(19)20-12-13(18)17(9-15(12,2)3)11-7-5-4-6-8-11/h4-8,10,12H,9H2,1-3H3/t10?,12-/m1/s1. The number of amides is 1. The van der Waals surface area contributed by atoms with Gasteiger partial charge in [0.15, 0.2) is 6.10 Å². The summed E-state index contributed by atoms with van der Waals surface area (Å²) in [5.74, 6) is -0.575. The molecule has 1 aromatic rings. The largest absolute Gasteiger partial charge is 0.451 e. The van der Waals surface area contributed by atoms with E-state index in [1.165, 1.54) is 0 Å². The topological polar surface area (TPSA) is 46.6 Å². The Hall–Kier alpha value is -1.36. The summed E-state index contributed by atoms with van der Waals surface area (Å²) in [7, 11) is 0. The summed E-state index contributed by atoms with van der Waals surface area (Å²) in [5.41, 5.74) is 0.417. The van der Waals surface area contributed by atoms with Crippen LogP contribution in [0.2, 0.25) is 0 Å². The van der Waals surface area contributed by atoms with E-state index >= 15 is 0 Å². The van der Waals surface area contributed by atoms with Gasteiger partial charge in [-0.15, -0.1) is 0 Å². The van der Waals surface area contributed by atoms with E-state index in [1.807, 2.05) is 44.2 Å². The highest BCUT2D eigenvalue weighted by atomic mass is 79.9. The fourth-order valence-electron chi connectivity index (χ4n) is 2.29. The molecule has 1 aliphatic heterocycles. The third-order valence-corrected chi connectivity index (χ3v) is 3.77. The first-order valence-electron chi connectivity index (χ1n) is 6.54. The van der Waals surface area contributed by atoms with Gasteiger partial charge in [-0.05, 0) is 19.1 Å². The van der Waals surface area contributed by atoms with Gasteiger partial charge in [-0.25, -0.2) is 0 Å². The van der Waals surface area contributed by atoms with Gasteiger partial charge in [0.1, 0.15) is 4.83 Å². The number of carbonyl (C=O) groups excluding carboxylic acids is 2. The number of para-hydroxylation sites is 1. The second kappa shape index (κ2) is 5.56. The average molecular weight is 340 g/mol. The molecule has 0 N–H and O–H groups in total. The van der Waals surface area contributed by atoms with Crippen LogP contribution < -0.4 is 4.90 Å². The number of ether oxygens (including phenoxy) is 1. The zero-order valence-electron chi connectivity index (χ0n) is 11.8. The molecule has 1 heterocycles. The molecule has 1 fully saturated rings. The molecule has 4 nitrogen and oxygen atoms in total. The summed E-state index contributed by atoms with van der Waals surface area (Å²) in [6.07, 6.45) is -0.741. The number of hydrogen-bond donors (Lipinski definition) is 0. The molecule has 20 heavy (non-hydrogen) atoms. The molecular weight excluding hydrogens is 322 g/mol. The summed E-state index contributed by atoms with van der Waals surface area (Å²) in [6.45, 7) is 6.09. The Kier molecular flexibility index (Phi) is 4.18. The van der Waals surface area contributed by atoms with Crippen LogP contribution in [0, 0.1) is 5.41 Å². The predicted molar refractivity (Wildman–Crippen MR) is 80.8 cm³/mol. The Morgan fingerprint density at radius 3 is 2.55 bits per heavy atom. The summed E-state index contributed by atoms with van der Waals surface area (Å²) in [4.78, 5) is 25.5. The van der Waals surface area contributed by atoms with Crippen LogP contribution in [0.25, 0.3) is 0 Å². The molecule has 2 atom stereocenters. The molecule has 1 unspecified atom stereocenters. The second-order valence-electron chi connectivity index (χ2n) is 5.68. The third kappa shape index (κ3) is 2.87. The minimum atomic E-state index is -0.741. The number of hydrogen-bond acceptors (Lipinski definition) is 3.